The maximum Gasteiger partial charge on any atom is 0.124 e. The lowest BCUT2D eigenvalue weighted by Gasteiger charge is -2.16. The molecule has 0 heterocycles. The van der Waals surface area contributed by atoms with E-state index in [9.17, 15) is 5.11 Å². The molecule has 0 saturated heterocycles. The molecule has 0 bridgehead atoms. The lowest BCUT2D eigenvalue weighted by Crippen LogP contribution is -2.01. The van der Waals surface area contributed by atoms with Gasteiger partial charge in [-0.25, -0.2) is 0 Å². The molecule has 0 aliphatic carbocycles. The van der Waals surface area contributed by atoms with E-state index in [1.165, 1.54) is 38.5 Å². The Morgan fingerprint density at radius 3 is 2.24 bits per heavy atom. The summed E-state index contributed by atoms with van der Waals surface area (Å²) in [5.41, 5.74) is 0.822. The Bertz CT molecular complexity index is 390. The van der Waals surface area contributed by atoms with Gasteiger partial charge in [-0.3, -0.25) is 0 Å². The van der Waals surface area contributed by atoms with Crippen molar-refractivity contribution in [3.05, 3.63) is 23.8 Å². The van der Waals surface area contributed by atoms with Crippen molar-refractivity contribution >= 4 is 0 Å². The van der Waals surface area contributed by atoms with Crippen LogP contribution in [0.2, 0.25) is 0 Å². The summed E-state index contributed by atoms with van der Waals surface area (Å²) in [6.45, 7) is 2.23. The van der Waals surface area contributed by atoms with Gasteiger partial charge in [0.15, 0.2) is 0 Å². The maximum atomic E-state index is 10.4. The summed E-state index contributed by atoms with van der Waals surface area (Å²) in [7, 11) is 3.26. The Morgan fingerprint density at radius 1 is 0.952 bits per heavy atom. The van der Waals surface area contributed by atoms with Gasteiger partial charge in [-0.05, 0) is 24.6 Å². The standard InChI is InChI=1S/C18H30O3/c1-4-5-6-7-8-9-10-11-17(19)16-14-15(20-2)12-13-18(16)21-3/h12-14,17,19H,4-11H2,1-3H3. The molecule has 1 rings (SSSR count). The Hall–Kier alpha value is -1.22. The van der Waals surface area contributed by atoms with Gasteiger partial charge < -0.3 is 14.6 Å². The lowest BCUT2D eigenvalue weighted by atomic mass is 10.0. The highest BCUT2D eigenvalue weighted by Crippen LogP contribution is 2.32. The minimum absolute atomic E-state index is 0.481. The van der Waals surface area contributed by atoms with E-state index in [2.05, 4.69) is 6.92 Å². The number of aliphatic hydroxyl groups excluding tert-OH is 1. The SMILES string of the molecule is CCCCCCCCCC(O)c1cc(OC)ccc1OC. The number of aliphatic hydroxyl groups is 1. The van der Waals surface area contributed by atoms with Crippen molar-refractivity contribution < 1.29 is 14.6 Å². The van der Waals surface area contributed by atoms with E-state index in [-0.39, 0.29) is 0 Å². The zero-order valence-corrected chi connectivity index (χ0v) is 13.7. The minimum atomic E-state index is -0.481. The topological polar surface area (TPSA) is 38.7 Å². The molecule has 1 atom stereocenters. The molecule has 0 radical (unpaired) electrons. The summed E-state index contributed by atoms with van der Waals surface area (Å²) in [5.74, 6) is 1.48. The summed E-state index contributed by atoms with van der Waals surface area (Å²) in [4.78, 5) is 0. The quantitative estimate of drug-likeness (QED) is 0.591. The van der Waals surface area contributed by atoms with Gasteiger partial charge in [-0.1, -0.05) is 51.9 Å². The molecule has 0 aliphatic rings. The van der Waals surface area contributed by atoms with E-state index in [1.807, 2.05) is 18.2 Å². The third-order valence-electron chi connectivity index (χ3n) is 3.88. The normalized spacial score (nSPS) is 12.2. The van der Waals surface area contributed by atoms with Crippen molar-refractivity contribution in [1.29, 1.82) is 0 Å². The van der Waals surface area contributed by atoms with Gasteiger partial charge in [0.2, 0.25) is 0 Å². The van der Waals surface area contributed by atoms with Gasteiger partial charge >= 0.3 is 0 Å². The molecular weight excluding hydrogens is 264 g/mol. The molecule has 0 saturated carbocycles. The average Bonchev–Trinajstić information content (AvgIpc) is 2.53. The van der Waals surface area contributed by atoms with Crippen LogP contribution in [-0.4, -0.2) is 19.3 Å². The zero-order chi connectivity index (χ0) is 15.5. The third-order valence-corrected chi connectivity index (χ3v) is 3.88. The maximum absolute atomic E-state index is 10.4. The highest BCUT2D eigenvalue weighted by Gasteiger charge is 2.14. The van der Waals surface area contributed by atoms with E-state index in [1.54, 1.807) is 14.2 Å². The number of methoxy groups -OCH3 is 2. The van der Waals surface area contributed by atoms with E-state index in [0.717, 1.165) is 29.9 Å². The number of hydrogen-bond donors (Lipinski definition) is 1. The van der Waals surface area contributed by atoms with Crippen molar-refractivity contribution in [3.63, 3.8) is 0 Å². The van der Waals surface area contributed by atoms with E-state index in [0.29, 0.717) is 0 Å². The van der Waals surface area contributed by atoms with Gasteiger partial charge in [0, 0.05) is 5.56 Å². The largest absolute Gasteiger partial charge is 0.497 e. The lowest BCUT2D eigenvalue weighted by molar-refractivity contribution is 0.159. The first-order chi connectivity index (χ1) is 10.2. The van der Waals surface area contributed by atoms with Gasteiger partial charge in [0.1, 0.15) is 11.5 Å². The van der Waals surface area contributed by atoms with Crippen LogP contribution in [0.25, 0.3) is 0 Å². The van der Waals surface area contributed by atoms with Gasteiger partial charge in [-0.2, -0.15) is 0 Å². The summed E-state index contributed by atoms with van der Waals surface area (Å²) < 4.78 is 10.5. The van der Waals surface area contributed by atoms with Gasteiger partial charge in [0.25, 0.3) is 0 Å². The molecular formula is C18H30O3. The molecule has 120 valence electrons. The molecule has 3 nitrogen and oxygen atoms in total. The van der Waals surface area contributed by atoms with Crippen molar-refractivity contribution in [3.8, 4) is 11.5 Å². The van der Waals surface area contributed by atoms with Crippen molar-refractivity contribution in [2.75, 3.05) is 14.2 Å². The molecule has 0 aliphatic heterocycles. The van der Waals surface area contributed by atoms with Crippen LogP contribution in [0.15, 0.2) is 18.2 Å². The van der Waals surface area contributed by atoms with Crippen LogP contribution in [0.5, 0.6) is 11.5 Å². The molecule has 1 aromatic carbocycles. The second kappa shape index (κ2) is 10.5. The van der Waals surface area contributed by atoms with Crippen molar-refractivity contribution in [1.82, 2.24) is 0 Å². The van der Waals surface area contributed by atoms with Gasteiger partial charge in [-0.15, -0.1) is 0 Å². The first-order valence-corrected chi connectivity index (χ1v) is 8.13. The predicted molar refractivity (Wildman–Crippen MR) is 87.1 cm³/mol. The summed E-state index contributed by atoms with van der Waals surface area (Å²) in [5, 5.41) is 10.4. The highest BCUT2D eigenvalue weighted by atomic mass is 16.5. The smallest absolute Gasteiger partial charge is 0.124 e. The third kappa shape index (κ3) is 6.38. The fourth-order valence-electron chi connectivity index (χ4n) is 2.55. The van der Waals surface area contributed by atoms with E-state index < -0.39 is 6.10 Å². The van der Waals surface area contributed by atoms with Crippen LogP contribution >= 0.6 is 0 Å². The summed E-state index contributed by atoms with van der Waals surface area (Å²) in [6.07, 6.45) is 9.07. The van der Waals surface area contributed by atoms with Crippen LogP contribution in [0.4, 0.5) is 0 Å². The fraction of sp³-hybridized carbons (Fsp3) is 0.667. The molecule has 21 heavy (non-hydrogen) atoms. The van der Waals surface area contributed by atoms with Crippen LogP contribution in [0.1, 0.15) is 70.0 Å². The van der Waals surface area contributed by atoms with Crippen LogP contribution < -0.4 is 9.47 Å². The fourth-order valence-corrected chi connectivity index (χ4v) is 2.55. The zero-order valence-electron chi connectivity index (χ0n) is 13.7. The Morgan fingerprint density at radius 2 is 1.62 bits per heavy atom. The number of hydrogen-bond acceptors (Lipinski definition) is 3. The second-order valence-electron chi connectivity index (χ2n) is 5.53. The highest BCUT2D eigenvalue weighted by molar-refractivity contribution is 5.41. The Labute approximate surface area is 129 Å². The summed E-state index contributed by atoms with van der Waals surface area (Å²) >= 11 is 0. The first kappa shape index (κ1) is 17.8. The van der Waals surface area contributed by atoms with Gasteiger partial charge in [0.05, 0.1) is 20.3 Å². The predicted octanol–water partition coefficient (Wildman–Crippen LogP) is 4.88. The Balaban J connectivity index is 2.38. The van der Waals surface area contributed by atoms with E-state index >= 15 is 0 Å². The van der Waals surface area contributed by atoms with Crippen molar-refractivity contribution in [2.24, 2.45) is 0 Å². The summed E-state index contributed by atoms with van der Waals surface area (Å²) in [6, 6.07) is 5.57. The second-order valence-corrected chi connectivity index (χ2v) is 5.53. The molecule has 1 aromatic rings. The molecule has 1 N–H and O–H groups in total. The molecule has 1 unspecified atom stereocenters. The number of rotatable bonds is 11. The number of unbranched alkanes of at least 4 members (excludes halogenated alkanes) is 6. The molecule has 0 spiro atoms. The van der Waals surface area contributed by atoms with Crippen LogP contribution in [-0.2, 0) is 0 Å². The first-order valence-electron chi connectivity index (χ1n) is 8.13. The van der Waals surface area contributed by atoms with Crippen LogP contribution in [0, 0.1) is 0 Å². The number of ether oxygens (including phenoxy) is 2. The van der Waals surface area contributed by atoms with Crippen molar-refractivity contribution in [2.45, 2.75) is 64.4 Å². The Kier molecular flexibility index (Phi) is 8.91. The monoisotopic (exact) mass is 294 g/mol. The molecule has 3 heteroatoms. The molecule has 0 aromatic heterocycles. The number of benzene rings is 1. The average molecular weight is 294 g/mol. The minimum Gasteiger partial charge on any atom is -0.497 e. The van der Waals surface area contributed by atoms with E-state index in [4.69, 9.17) is 9.47 Å². The molecule has 0 amide bonds. The molecule has 0 fully saturated rings. The van der Waals surface area contributed by atoms with Crippen LogP contribution in [0.3, 0.4) is 0 Å².